The Morgan fingerprint density at radius 1 is 1.25 bits per heavy atom. The maximum absolute atomic E-state index is 6.01. The fraction of sp³-hybridized carbons (Fsp3) is 0.571. The summed E-state index contributed by atoms with van der Waals surface area (Å²) in [5.41, 5.74) is 1.36. The maximum Gasteiger partial charge on any atom is 0.0408 e. The molecule has 0 nitrogen and oxygen atoms in total. The van der Waals surface area contributed by atoms with Crippen molar-refractivity contribution in [2.45, 2.75) is 44.9 Å². The lowest BCUT2D eigenvalue weighted by atomic mass is 9.95. The second-order valence-corrected chi connectivity index (χ2v) is 5.34. The van der Waals surface area contributed by atoms with Gasteiger partial charge in [0.25, 0.3) is 0 Å². The number of alkyl halides is 1. The lowest BCUT2D eigenvalue weighted by Crippen LogP contribution is -2.00. The van der Waals surface area contributed by atoms with Gasteiger partial charge in [-0.05, 0) is 30.0 Å². The average Bonchev–Trinajstić information content (AvgIpc) is 2.29. The lowest BCUT2D eigenvalue weighted by molar-refractivity contribution is 0.585. The van der Waals surface area contributed by atoms with Crippen LogP contribution < -0.4 is 0 Å². The molecule has 1 atom stereocenters. The van der Waals surface area contributed by atoms with Crippen LogP contribution in [0.1, 0.15) is 50.5 Å². The van der Waals surface area contributed by atoms with Gasteiger partial charge in [0.05, 0.1) is 0 Å². The summed E-state index contributed by atoms with van der Waals surface area (Å²) < 4.78 is 0. The van der Waals surface area contributed by atoms with Crippen molar-refractivity contribution < 1.29 is 0 Å². The van der Waals surface area contributed by atoms with Gasteiger partial charge in [0.2, 0.25) is 0 Å². The highest BCUT2D eigenvalue weighted by atomic mass is 79.9. The summed E-state index contributed by atoms with van der Waals surface area (Å²) in [6.07, 6.45) is 6.57. The largest absolute Gasteiger partial charge is 0.0921 e. The SMILES string of the molecule is CCCCCCC(CBr)c1cccc(Cl)c1. The highest BCUT2D eigenvalue weighted by Crippen LogP contribution is 2.26. The summed E-state index contributed by atoms with van der Waals surface area (Å²) in [4.78, 5) is 0. The molecule has 0 spiro atoms. The van der Waals surface area contributed by atoms with Crippen LogP contribution in [0.3, 0.4) is 0 Å². The Balaban J connectivity index is 2.47. The van der Waals surface area contributed by atoms with Gasteiger partial charge in [-0.1, -0.05) is 72.3 Å². The number of hydrogen-bond donors (Lipinski definition) is 0. The quantitative estimate of drug-likeness (QED) is 0.442. The van der Waals surface area contributed by atoms with E-state index in [9.17, 15) is 0 Å². The zero-order valence-electron chi connectivity index (χ0n) is 9.89. The van der Waals surface area contributed by atoms with Crippen LogP contribution in [0.25, 0.3) is 0 Å². The van der Waals surface area contributed by atoms with Crippen molar-refractivity contribution in [2.75, 3.05) is 5.33 Å². The molecule has 1 unspecified atom stereocenters. The normalized spacial score (nSPS) is 12.7. The fourth-order valence-electron chi connectivity index (χ4n) is 1.91. The topological polar surface area (TPSA) is 0 Å². The number of hydrogen-bond acceptors (Lipinski definition) is 0. The van der Waals surface area contributed by atoms with E-state index in [1.807, 2.05) is 12.1 Å². The molecular formula is C14H20BrCl. The van der Waals surface area contributed by atoms with Crippen molar-refractivity contribution in [3.05, 3.63) is 34.9 Å². The Kier molecular flexibility index (Phi) is 7.15. The fourth-order valence-corrected chi connectivity index (χ4v) is 2.81. The van der Waals surface area contributed by atoms with Crippen LogP contribution in [-0.2, 0) is 0 Å². The zero-order chi connectivity index (χ0) is 11.8. The van der Waals surface area contributed by atoms with Gasteiger partial charge < -0.3 is 0 Å². The molecule has 0 amide bonds. The Morgan fingerprint density at radius 2 is 2.06 bits per heavy atom. The van der Waals surface area contributed by atoms with Crippen LogP contribution in [0.5, 0.6) is 0 Å². The van der Waals surface area contributed by atoms with Crippen LogP contribution in [-0.4, -0.2) is 5.33 Å². The highest BCUT2D eigenvalue weighted by Gasteiger charge is 2.09. The van der Waals surface area contributed by atoms with E-state index in [1.165, 1.54) is 37.7 Å². The Hall–Kier alpha value is -0.0100. The number of rotatable bonds is 7. The van der Waals surface area contributed by atoms with Crippen molar-refractivity contribution in [3.8, 4) is 0 Å². The molecule has 0 N–H and O–H groups in total. The number of unbranched alkanes of at least 4 members (excludes halogenated alkanes) is 3. The highest BCUT2D eigenvalue weighted by molar-refractivity contribution is 9.09. The van der Waals surface area contributed by atoms with E-state index in [4.69, 9.17) is 11.6 Å². The number of benzene rings is 1. The van der Waals surface area contributed by atoms with Gasteiger partial charge in [-0.25, -0.2) is 0 Å². The first kappa shape index (κ1) is 14.1. The van der Waals surface area contributed by atoms with E-state index < -0.39 is 0 Å². The molecule has 0 aliphatic carbocycles. The summed E-state index contributed by atoms with van der Waals surface area (Å²) in [5, 5.41) is 1.87. The van der Waals surface area contributed by atoms with Crippen LogP contribution in [0.15, 0.2) is 24.3 Å². The van der Waals surface area contributed by atoms with Crippen molar-refractivity contribution in [2.24, 2.45) is 0 Å². The first-order valence-corrected chi connectivity index (χ1v) is 7.59. The molecule has 90 valence electrons. The molecule has 0 aromatic heterocycles. The van der Waals surface area contributed by atoms with Gasteiger partial charge >= 0.3 is 0 Å². The third-order valence-electron chi connectivity index (χ3n) is 2.91. The summed E-state index contributed by atoms with van der Waals surface area (Å²) >= 11 is 9.62. The van der Waals surface area contributed by atoms with Gasteiger partial charge in [-0.3, -0.25) is 0 Å². The Bertz CT molecular complexity index is 299. The molecule has 0 aliphatic heterocycles. The van der Waals surface area contributed by atoms with E-state index in [0.29, 0.717) is 5.92 Å². The van der Waals surface area contributed by atoms with Crippen LogP contribution in [0.4, 0.5) is 0 Å². The van der Waals surface area contributed by atoms with Crippen molar-refractivity contribution in [1.29, 1.82) is 0 Å². The molecular weight excluding hydrogens is 284 g/mol. The molecule has 0 radical (unpaired) electrons. The molecule has 0 saturated heterocycles. The minimum atomic E-state index is 0.607. The minimum Gasteiger partial charge on any atom is -0.0921 e. The van der Waals surface area contributed by atoms with Crippen LogP contribution in [0, 0.1) is 0 Å². The summed E-state index contributed by atoms with van der Waals surface area (Å²) in [6, 6.07) is 8.25. The molecule has 0 saturated carbocycles. The van der Waals surface area contributed by atoms with Crippen molar-refractivity contribution in [3.63, 3.8) is 0 Å². The molecule has 1 aromatic carbocycles. The second kappa shape index (κ2) is 8.14. The Labute approximate surface area is 113 Å². The number of halogens is 2. The van der Waals surface area contributed by atoms with Crippen LogP contribution >= 0.6 is 27.5 Å². The molecule has 0 heterocycles. The summed E-state index contributed by atoms with van der Waals surface area (Å²) in [7, 11) is 0. The molecule has 0 aliphatic rings. The maximum atomic E-state index is 6.01. The molecule has 0 bridgehead atoms. The lowest BCUT2D eigenvalue weighted by Gasteiger charge is -2.14. The molecule has 0 fully saturated rings. The third kappa shape index (κ3) is 4.88. The van der Waals surface area contributed by atoms with E-state index in [0.717, 1.165) is 10.4 Å². The Morgan fingerprint density at radius 3 is 2.69 bits per heavy atom. The average molecular weight is 304 g/mol. The van der Waals surface area contributed by atoms with E-state index in [-0.39, 0.29) is 0 Å². The van der Waals surface area contributed by atoms with Gasteiger partial charge in [-0.2, -0.15) is 0 Å². The molecule has 16 heavy (non-hydrogen) atoms. The zero-order valence-corrected chi connectivity index (χ0v) is 12.2. The monoisotopic (exact) mass is 302 g/mol. The summed E-state index contributed by atoms with van der Waals surface area (Å²) in [6.45, 7) is 2.25. The van der Waals surface area contributed by atoms with Crippen molar-refractivity contribution >= 4 is 27.5 Å². The van der Waals surface area contributed by atoms with E-state index in [2.05, 4.69) is 35.0 Å². The third-order valence-corrected chi connectivity index (χ3v) is 3.93. The van der Waals surface area contributed by atoms with Gasteiger partial charge in [-0.15, -0.1) is 0 Å². The first-order chi connectivity index (χ1) is 7.77. The molecule has 2 heteroatoms. The van der Waals surface area contributed by atoms with Crippen LogP contribution in [0.2, 0.25) is 5.02 Å². The summed E-state index contributed by atoms with van der Waals surface area (Å²) in [5.74, 6) is 0.607. The predicted octanol–water partition coefficient (Wildman–Crippen LogP) is 5.79. The second-order valence-electron chi connectivity index (χ2n) is 4.26. The van der Waals surface area contributed by atoms with E-state index in [1.54, 1.807) is 0 Å². The van der Waals surface area contributed by atoms with Gasteiger partial charge in [0, 0.05) is 10.4 Å². The first-order valence-electron chi connectivity index (χ1n) is 6.09. The molecule has 1 aromatic rings. The molecule has 1 rings (SSSR count). The standard InChI is InChI=1S/C14H20BrCl/c1-2-3-4-5-7-13(11-15)12-8-6-9-14(16)10-12/h6,8-10,13H,2-5,7,11H2,1H3. The minimum absolute atomic E-state index is 0.607. The smallest absolute Gasteiger partial charge is 0.0408 e. The van der Waals surface area contributed by atoms with Gasteiger partial charge in [0.15, 0.2) is 0 Å². The predicted molar refractivity (Wildman–Crippen MR) is 76.7 cm³/mol. The van der Waals surface area contributed by atoms with Gasteiger partial charge in [0.1, 0.15) is 0 Å². The van der Waals surface area contributed by atoms with Crippen molar-refractivity contribution in [1.82, 2.24) is 0 Å². The van der Waals surface area contributed by atoms with E-state index >= 15 is 0 Å².